The van der Waals surface area contributed by atoms with Crippen LogP contribution in [0.5, 0.6) is 0 Å². The fraction of sp³-hybridized carbons (Fsp3) is 0.400. The quantitative estimate of drug-likeness (QED) is 0.913. The number of hydrogen-bond acceptors (Lipinski definition) is 5. The Labute approximate surface area is 127 Å². The molecule has 0 saturated carbocycles. The van der Waals surface area contributed by atoms with Gasteiger partial charge in [-0.3, -0.25) is 10.1 Å². The molecule has 3 rings (SSSR count). The van der Waals surface area contributed by atoms with Gasteiger partial charge in [-0.25, -0.2) is 0 Å². The highest BCUT2D eigenvalue weighted by molar-refractivity contribution is 7.15. The summed E-state index contributed by atoms with van der Waals surface area (Å²) in [7, 11) is 0. The summed E-state index contributed by atoms with van der Waals surface area (Å²) in [6.07, 6.45) is 0.706. The van der Waals surface area contributed by atoms with Crippen molar-refractivity contribution in [2.24, 2.45) is 0 Å². The van der Waals surface area contributed by atoms with E-state index in [9.17, 15) is 4.79 Å². The normalized spacial score (nSPS) is 17.6. The fourth-order valence-electron chi connectivity index (χ4n) is 2.35. The number of carbonyl (C=O) groups is 1. The Morgan fingerprint density at radius 3 is 2.81 bits per heavy atom. The van der Waals surface area contributed by atoms with Crippen molar-refractivity contribution in [3.8, 4) is 0 Å². The van der Waals surface area contributed by atoms with E-state index in [1.54, 1.807) is 0 Å². The van der Waals surface area contributed by atoms with Crippen LogP contribution in [-0.4, -0.2) is 22.1 Å². The molecule has 1 amide bonds. The summed E-state index contributed by atoms with van der Waals surface area (Å²) in [4.78, 5) is 12.3. The van der Waals surface area contributed by atoms with Crippen LogP contribution in [0.4, 0.5) is 5.13 Å². The van der Waals surface area contributed by atoms with Gasteiger partial charge < -0.3 is 5.32 Å². The van der Waals surface area contributed by atoms with Gasteiger partial charge in [-0.1, -0.05) is 49.4 Å². The highest BCUT2D eigenvalue weighted by Crippen LogP contribution is 2.23. The Morgan fingerprint density at radius 2 is 2.10 bits per heavy atom. The highest BCUT2D eigenvalue weighted by Gasteiger charge is 2.24. The lowest BCUT2D eigenvalue weighted by Gasteiger charge is -2.24. The van der Waals surface area contributed by atoms with E-state index in [0.29, 0.717) is 17.5 Å². The van der Waals surface area contributed by atoms with E-state index in [1.807, 2.05) is 12.1 Å². The fourth-order valence-corrected chi connectivity index (χ4v) is 3.10. The molecule has 5 nitrogen and oxygen atoms in total. The summed E-state index contributed by atoms with van der Waals surface area (Å²) in [5.74, 6) is 0.281. The van der Waals surface area contributed by atoms with Crippen molar-refractivity contribution >= 4 is 22.4 Å². The molecule has 2 heterocycles. The SMILES string of the molecule is CC(C)c1nnc(NC(=O)C2Cc3ccccc3CN2)s1. The van der Waals surface area contributed by atoms with Crippen LogP contribution >= 0.6 is 11.3 Å². The van der Waals surface area contributed by atoms with Crippen LogP contribution in [0.1, 0.15) is 35.9 Å². The summed E-state index contributed by atoms with van der Waals surface area (Å²) in [6.45, 7) is 4.85. The first-order valence-corrected chi connectivity index (χ1v) is 7.89. The molecule has 1 unspecified atom stereocenters. The zero-order chi connectivity index (χ0) is 14.8. The van der Waals surface area contributed by atoms with Gasteiger partial charge in [0.2, 0.25) is 11.0 Å². The van der Waals surface area contributed by atoms with Crippen LogP contribution in [0.3, 0.4) is 0 Å². The van der Waals surface area contributed by atoms with E-state index in [2.05, 4.69) is 46.8 Å². The molecular weight excluding hydrogens is 284 g/mol. The molecule has 0 spiro atoms. The average Bonchev–Trinajstić information content (AvgIpc) is 2.95. The Morgan fingerprint density at radius 1 is 1.33 bits per heavy atom. The maximum absolute atomic E-state index is 12.3. The maximum Gasteiger partial charge on any atom is 0.243 e. The van der Waals surface area contributed by atoms with Crippen molar-refractivity contribution in [2.45, 2.75) is 38.8 Å². The molecule has 0 aliphatic carbocycles. The minimum Gasteiger partial charge on any atom is -0.301 e. The largest absolute Gasteiger partial charge is 0.301 e. The van der Waals surface area contributed by atoms with Gasteiger partial charge in [0.05, 0.1) is 6.04 Å². The van der Waals surface area contributed by atoms with E-state index in [0.717, 1.165) is 11.6 Å². The molecule has 0 radical (unpaired) electrons. The second-order valence-corrected chi connectivity index (χ2v) is 6.50. The molecule has 0 bridgehead atoms. The molecule has 1 aromatic carbocycles. The molecule has 6 heteroatoms. The lowest BCUT2D eigenvalue weighted by Crippen LogP contribution is -2.44. The van der Waals surface area contributed by atoms with Crippen molar-refractivity contribution in [1.29, 1.82) is 0 Å². The molecule has 0 saturated heterocycles. The first kappa shape index (κ1) is 14.2. The van der Waals surface area contributed by atoms with Crippen LogP contribution in [-0.2, 0) is 17.8 Å². The highest BCUT2D eigenvalue weighted by atomic mass is 32.1. The lowest BCUT2D eigenvalue weighted by molar-refractivity contribution is -0.118. The Balaban J connectivity index is 1.66. The smallest absolute Gasteiger partial charge is 0.243 e. The van der Waals surface area contributed by atoms with Crippen molar-refractivity contribution < 1.29 is 4.79 Å². The molecule has 1 aromatic heterocycles. The number of aromatic nitrogens is 2. The number of amides is 1. The first-order chi connectivity index (χ1) is 10.1. The Hall–Kier alpha value is -1.79. The summed E-state index contributed by atoms with van der Waals surface area (Å²) in [6, 6.07) is 7.99. The second-order valence-electron chi connectivity index (χ2n) is 5.50. The summed E-state index contributed by atoms with van der Waals surface area (Å²) in [5.41, 5.74) is 2.50. The third-order valence-corrected chi connectivity index (χ3v) is 4.70. The third-order valence-electron chi connectivity index (χ3n) is 3.56. The van der Waals surface area contributed by atoms with Gasteiger partial charge in [-0.05, 0) is 17.5 Å². The van der Waals surface area contributed by atoms with Crippen molar-refractivity contribution in [1.82, 2.24) is 15.5 Å². The number of carbonyl (C=O) groups excluding carboxylic acids is 1. The number of benzene rings is 1. The van der Waals surface area contributed by atoms with Crippen molar-refractivity contribution in [3.63, 3.8) is 0 Å². The van der Waals surface area contributed by atoms with Crippen LogP contribution in [0.25, 0.3) is 0 Å². The molecule has 1 atom stereocenters. The maximum atomic E-state index is 12.3. The number of hydrogen-bond donors (Lipinski definition) is 2. The summed E-state index contributed by atoms with van der Waals surface area (Å²) in [5, 5.41) is 15.7. The van der Waals surface area contributed by atoms with Gasteiger partial charge in [0, 0.05) is 12.5 Å². The van der Waals surface area contributed by atoms with Crippen LogP contribution in [0.15, 0.2) is 24.3 Å². The number of rotatable bonds is 3. The molecule has 0 fully saturated rings. The average molecular weight is 302 g/mol. The van der Waals surface area contributed by atoms with Crippen LogP contribution in [0, 0.1) is 0 Å². The zero-order valence-corrected chi connectivity index (χ0v) is 12.9. The second kappa shape index (κ2) is 5.91. The number of nitrogens with zero attached hydrogens (tertiary/aromatic N) is 2. The van der Waals surface area contributed by atoms with Gasteiger partial charge in [0.1, 0.15) is 5.01 Å². The molecule has 2 N–H and O–H groups in total. The molecule has 1 aliphatic rings. The van der Waals surface area contributed by atoms with E-state index in [-0.39, 0.29) is 11.9 Å². The number of fused-ring (bicyclic) bond motifs is 1. The predicted octanol–water partition coefficient (Wildman–Crippen LogP) is 2.31. The van der Waals surface area contributed by atoms with Crippen LogP contribution < -0.4 is 10.6 Å². The van der Waals surface area contributed by atoms with Gasteiger partial charge in [0.15, 0.2) is 0 Å². The number of anilines is 1. The summed E-state index contributed by atoms with van der Waals surface area (Å²) < 4.78 is 0. The third kappa shape index (κ3) is 3.11. The zero-order valence-electron chi connectivity index (χ0n) is 12.1. The minimum absolute atomic E-state index is 0.0454. The minimum atomic E-state index is -0.216. The standard InChI is InChI=1S/C15H18N4OS/c1-9(2)14-18-19-15(21-14)17-13(20)12-7-10-5-3-4-6-11(10)8-16-12/h3-6,9,12,16H,7-8H2,1-2H3,(H,17,19,20). The lowest BCUT2D eigenvalue weighted by atomic mass is 9.95. The molecule has 2 aromatic rings. The Bertz CT molecular complexity index is 653. The van der Waals surface area contributed by atoms with Gasteiger partial charge >= 0.3 is 0 Å². The Kier molecular flexibility index (Phi) is 3.98. The van der Waals surface area contributed by atoms with Gasteiger partial charge in [0.25, 0.3) is 0 Å². The topological polar surface area (TPSA) is 66.9 Å². The van der Waals surface area contributed by atoms with Crippen molar-refractivity contribution in [2.75, 3.05) is 5.32 Å². The number of nitrogens with one attached hydrogen (secondary N) is 2. The summed E-state index contributed by atoms with van der Waals surface area (Å²) >= 11 is 1.44. The first-order valence-electron chi connectivity index (χ1n) is 7.08. The molecule has 110 valence electrons. The van der Waals surface area contributed by atoms with E-state index in [4.69, 9.17) is 0 Å². The van der Waals surface area contributed by atoms with Crippen LogP contribution in [0.2, 0.25) is 0 Å². The predicted molar refractivity (Wildman–Crippen MR) is 83.4 cm³/mol. The molecule has 21 heavy (non-hydrogen) atoms. The van der Waals surface area contributed by atoms with Gasteiger partial charge in [-0.2, -0.15) is 0 Å². The van der Waals surface area contributed by atoms with Crippen molar-refractivity contribution in [3.05, 3.63) is 40.4 Å². The van der Waals surface area contributed by atoms with E-state index >= 15 is 0 Å². The monoisotopic (exact) mass is 302 g/mol. The van der Waals surface area contributed by atoms with E-state index in [1.165, 1.54) is 22.5 Å². The van der Waals surface area contributed by atoms with Gasteiger partial charge in [-0.15, -0.1) is 10.2 Å². The molecular formula is C15H18N4OS. The van der Waals surface area contributed by atoms with E-state index < -0.39 is 0 Å². The molecule has 1 aliphatic heterocycles.